The van der Waals surface area contributed by atoms with Gasteiger partial charge in [-0.3, -0.25) is 14.4 Å². The Bertz CT molecular complexity index is 784. The number of hydrogen-bond acceptors (Lipinski definition) is 6. The molecular formula is C15H16N2O6S. The first-order chi connectivity index (χ1) is 11.3. The molecule has 0 aromatic heterocycles. The maximum Gasteiger partial charge on any atom is 0.326 e. The largest absolute Gasteiger partial charge is 0.442 e. The first kappa shape index (κ1) is 16.6. The highest BCUT2D eigenvalue weighted by Crippen LogP contribution is 2.24. The number of esters is 1. The number of nitrogens with zero attached hydrogens (tertiary/aromatic N) is 2. The molecule has 0 saturated carbocycles. The highest BCUT2D eigenvalue weighted by Gasteiger charge is 2.40. The van der Waals surface area contributed by atoms with Gasteiger partial charge in [0.1, 0.15) is 6.04 Å². The van der Waals surface area contributed by atoms with Gasteiger partial charge in [-0.2, -0.15) is 4.31 Å². The molecule has 3 rings (SSSR count). The van der Waals surface area contributed by atoms with Gasteiger partial charge in [-0.1, -0.05) is 12.1 Å². The Hall–Kier alpha value is -2.26. The number of benzene rings is 1. The van der Waals surface area contributed by atoms with E-state index in [-0.39, 0.29) is 17.7 Å². The van der Waals surface area contributed by atoms with Crippen LogP contribution in [-0.4, -0.2) is 61.0 Å². The molecule has 1 fully saturated rings. The monoisotopic (exact) mass is 352 g/mol. The van der Waals surface area contributed by atoms with E-state index in [0.717, 1.165) is 15.5 Å². The zero-order valence-electron chi connectivity index (χ0n) is 13.0. The Morgan fingerprint density at radius 2 is 1.79 bits per heavy atom. The van der Waals surface area contributed by atoms with Gasteiger partial charge < -0.3 is 4.74 Å². The lowest BCUT2D eigenvalue weighted by Crippen LogP contribution is -2.42. The van der Waals surface area contributed by atoms with Gasteiger partial charge in [0.25, 0.3) is 11.8 Å². The Morgan fingerprint density at radius 1 is 1.21 bits per heavy atom. The number of amides is 2. The summed E-state index contributed by atoms with van der Waals surface area (Å²) in [5.41, 5.74) is 0.523. The number of ether oxygens (including phenoxy) is 1. The van der Waals surface area contributed by atoms with Crippen LogP contribution in [0.2, 0.25) is 0 Å². The molecule has 2 heterocycles. The fourth-order valence-corrected chi connectivity index (χ4v) is 4.07. The maximum absolute atomic E-state index is 12.2. The number of carbonyl (C=O) groups is 3. The second-order valence-electron chi connectivity index (χ2n) is 5.71. The summed E-state index contributed by atoms with van der Waals surface area (Å²) in [6.45, 7) is -0.273. The summed E-state index contributed by atoms with van der Waals surface area (Å²) in [5, 5.41) is 0. The Kier molecular flexibility index (Phi) is 4.14. The number of fused-ring (bicyclic) bond motifs is 1. The number of rotatable bonds is 4. The van der Waals surface area contributed by atoms with E-state index in [4.69, 9.17) is 4.74 Å². The van der Waals surface area contributed by atoms with E-state index < -0.39 is 40.6 Å². The maximum atomic E-state index is 12.2. The van der Waals surface area contributed by atoms with Crippen LogP contribution in [0.4, 0.5) is 0 Å². The number of hydrogen-bond donors (Lipinski definition) is 0. The molecule has 0 unspecified atom stereocenters. The highest BCUT2D eigenvalue weighted by atomic mass is 32.2. The van der Waals surface area contributed by atoms with E-state index in [2.05, 4.69) is 0 Å². The second-order valence-corrected chi connectivity index (χ2v) is 7.64. The molecule has 2 amide bonds. The van der Waals surface area contributed by atoms with Crippen molar-refractivity contribution in [1.29, 1.82) is 0 Å². The minimum absolute atomic E-state index is 0.256. The zero-order chi connectivity index (χ0) is 17.5. The molecular weight excluding hydrogens is 336 g/mol. The fourth-order valence-electron chi connectivity index (χ4n) is 2.95. The van der Waals surface area contributed by atoms with Crippen LogP contribution in [0, 0.1) is 0 Å². The van der Waals surface area contributed by atoms with Crippen LogP contribution in [0.25, 0.3) is 0 Å². The smallest absolute Gasteiger partial charge is 0.326 e. The molecule has 1 atom stereocenters. The average molecular weight is 352 g/mol. The van der Waals surface area contributed by atoms with E-state index in [1.165, 1.54) is 12.1 Å². The van der Waals surface area contributed by atoms with Crippen LogP contribution in [-0.2, 0) is 19.6 Å². The molecule has 0 bridgehead atoms. The molecule has 2 aliphatic rings. The molecule has 1 aromatic carbocycles. The van der Waals surface area contributed by atoms with Crippen molar-refractivity contribution in [2.45, 2.75) is 18.9 Å². The van der Waals surface area contributed by atoms with Gasteiger partial charge in [0.2, 0.25) is 10.0 Å². The molecule has 0 spiro atoms. The predicted octanol–water partition coefficient (Wildman–Crippen LogP) is 0.207. The molecule has 1 aromatic rings. The summed E-state index contributed by atoms with van der Waals surface area (Å²) >= 11 is 0. The van der Waals surface area contributed by atoms with E-state index in [0.29, 0.717) is 12.8 Å². The topological polar surface area (TPSA) is 101 Å². The molecule has 8 nitrogen and oxygen atoms in total. The number of carbonyl (C=O) groups excluding carboxylic acids is 3. The molecule has 9 heteroatoms. The van der Waals surface area contributed by atoms with Crippen LogP contribution < -0.4 is 0 Å². The minimum atomic E-state index is -3.51. The summed E-state index contributed by atoms with van der Waals surface area (Å²) in [5.74, 6) is -1.82. The molecule has 24 heavy (non-hydrogen) atoms. The Balaban J connectivity index is 1.68. The molecule has 0 radical (unpaired) electrons. The Labute approximate surface area is 139 Å². The summed E-state index contributed by atoms with van der Waals surface area (Å²) in [6.07, 6.45) is 1.94. The summed E-state index contributed by atoms with van der Waals surface area (Å²) < 4.78 is 29.5. The van der Waals surface area contributed by atoms with Crippen molar-refractivity contribution in [3.63, 3.8) is 0 Å². The summed E-state index contributed by atoms with van der Waals surface area (Å²) in [4.78, 5) is 37.3. The number of sulfonamides is 1. The third-order valence-electron chi connectivity index (χ3n) is 4.12. The van der Waals surface area contributed by atoms with Crippen LogP contribution in [0.1, 0.15) is 33.6 Å². The lowest BCUT2D eigenvalue weighted by molar-refractivity contribution is -0.150. The van der Waals surface area contributed by atoms with Crippen molar-refractivity contribution in [2.75, 3.05) is 19.5 Å². The van der Waals surface area contributed by atoms with Gasteiger partial charge in [0.05, 0.1) is 17.4 Å². The van der Waals surface area contributed by atoms with E-state index >= 15 is 0 Å². The first-order valence-corrected chi connectivity index (χ1v) is 9.24. The third kappa shape index (κ3) is 2.80. The van der Waals surface area contributed by atoms with Gasteiger partial charge in [0, 0.05) is 6.54 Å². The standard InChI is InChI=1S/C15H16N2O6S/c1-24(21,22)17-8-4-7-12(17)15(20)23-9-16-13(18)10-5-2-3-6-11(10)14(16)19/h2-3,5-6,12H,4,7-9H2,1H3/t12-/m0/s1. The van der Waals surface area contributed by atoms with Crippen molar-refractivity contribution in [3.8, 4) is 0 Å². The Morgan fingerprint density at radius 3 is 2.33 bits per heavy atom. The molecule has 0 aliphatic carbocycles. The molecule has 128 valence electrons. The normalized spacial score (nSPS) is 21.2. The van der Waals surface area contributed by atoms with E-state index in [9.17, 15) is 22.8 Å². The number of imide groups is 1. The van der Waals surface area contributed by atoms with Crippen LogP contribution in [0.15, 0.2) is 24.3 Å². The first-order valence-electron chi connectivity index (χ1n) is 7.39. The van der Waals surface area contributed by atoms with E-state index in [1.54, 1.807) is 12.1 Å². The zero-order valence-corrected chi connectivity index (χ0v) is 13.8. The van der Waals surface area contributed by atoms with Crippen LogP contribution >= 0.6 is 0 Å². The van der Waals surface area contributed by atoms with Crippen LogP contribution in [0.3, 0.4) is 0 Å². The molecule has 2 aliphatic heterocycles. The van der Waals surface area contributed by atoms with Crippen molar-refractivity contribution >= 4 is 27.8 Å². The van der Waals surface area contributed by atoms with Crippen molar-refractivity contribution < 1.29 is 27.5 Å². The molecule has 0 N–H and O–H groups in total. The van der Waals surface area contributed by atoms with Crippen molar-refractivity contribution in [2.24, 2.45) is 0 Å². The third-order valence-corrected chi connectivity index (χ3v) is 5.40. The average Bonchev–Trinajstić information content (AvgIpc) is 3.11. The van der Waals surface area contributed by atoms with Gasteiger partial charge in [0.15, 0.2) is 6.73 Å². The lowest BCUT2D eigenvalue weighted by Gasteiger charge is -2.22. The van der Waals surface area contributed by atoms with Crippen molar-refractivity contribution in [1.82, 2.24) is 9.21 Å². The quantitative estimate of drug-likeness (QED) is 0.567. The minimum Gasteiger partial charge on any atom is -0.442 e. The summed E-state index contributed by atoms with van der Waals surface area (Å²) in [7, 11) is -3.51. The highest BCUT2D eigenvalue weighted by molar-refractivity contribution is 7.88. The lowest BCUT2D eigenvalue weighted by atomic mass is 10.1. The molecule has 1 saturated heterocycles. The van der Waals surface area contributed by atoms with Gasteiger partial charge in [-0.25, -0.2) is 13.3 Å². The van der Waals surface area contributed by atoms with Gasteiger partial charge in [-0.05, 0) is 25.0 Å². The predicted molar refractivity (Wildman–Crippen MR) is 82.5 cm³/mol. The van der Waals surface area contributed by atoms with E-state index in [1.807, 2.05) is 0 Å². The van der Waals surface area contributed by atoms with Crippen LogP contribution in [0.5, 0.6) is 0 Å². The van der Waals surface area contributed by atoms with Gasteiger partial charge in [-0.15, -0.1) is 0 Å². The van der Waals surface area contributed by atoms with Gasteiger partial charge >= 0.3 is 5.97 Å². The van der Waals surface area contributed by atoms with Crippen molar-refractivity contribution in [3.05, 3.63) is 35.4 Å². The SMILES string of the molecule is CS(=O)(=O)N1CCC[C@H]1C(=O)OCN1C(=O)c2ccccc2C1=O. The summed E-state index contributed by atoms with van der Waals surface area (Å²) in [6, 6.07) is 5.43. The second kappa shape index (κ2) is 5.99. The fraction of sp³-hybridized carbons (Fsp3) is 0.400.